The fourth-order valence-electron chi connectivity index (χ4n) is 4.84. The lowest BCUT2D eigenvalue weighted by Gasteiger charge is -2.26. The molecule has 3 aromatic rings. The van der Waals surface area contributed by atoms with Gasteiger partial charge in [-0.3, -0.25) is 14.5 Å². The summed E-state index contributed by atoms with van der Waals surface area (Å²) in [6.07, 6.45) is 0. The SMILES string of the molecule is CCOc1ccc(N2C(=O)C(=O)/C(=C(/O)c3cc(C(C)(C)C)ccc3C)C2c2ccc(C(C)C)cc2)cc1. The lowest BCUT2D eigenvalue weighted by molar-refractivity contribution is -0.132. The zero-order chi connectivity index (χ0) is 27.8. The van der Waals surface area contributed by atoms with Gasteiger partial charge in [0.2, 0.25) is 0 Å². The Morgan fingerprint density at radius 1 is 0.974 bits per heavy atom. The molecule has 3 aromatic carbocycles. The molecule has 1 saturated heterocycles. The zero-order valence-electron chi connectivity index (χ0n) is 23.3. The van der Waals surface area contributed by atoms with Crippen molar-refractivity contribution in [2.24, 2.45) is 0 Å². The van der Waals surface area contributed by atoms with Crippen molar-refractivity contribution >= 4 is 23.1 Å². The third-order valence-electron chi connectivity index (χ3n) is 7.15. The number of nitrogens with zero attached hydrogens (tertiary/aromatic N) is 1. The molecule has 1 aliphatic rings. The first kappa shape index (κ1) is 27.2. The average molecular weight is 512 g/mol. The molecule has 5 nitrogen and oxygen atoms in total. The highest BCUT2D eigenvalue weighted by Crippen LogP contribution is 2.43. The summed E-state index contributed by atoms with van der Waals surface area (Å²) >= 11 is 0. The third kappa shape index (κ3) is 5.10. The lowest BCUT2D eigenvalue weighted by atomic mass is 9.84. The van der Waals surface area contributed by atoms with Crippen LogP contribution in [0.4, 0.5) is 5.69 Å². The second-order valence-corrected chi connectivity index (χ2v) is 11.2. The molecule has 38 heavy (non-hydrogen) atoms. The van der Waals surface area contributed by atoms with Crippen molar-refractivity contribution in [3.05, 3.63) is 100 Å². The first-order valence-corrected chi connectivity index (χ1v) is 13.2. The minimum Gasteiger partial charge on any atom is -0.507 e. The molecule has 0 aliphatic carbocycles. The Balaban J connectivity index is 1.93. The topological polar surface area (TPSA) is 66.8 Å². The van der Waals surface area contributed by atoms with Gasteiger partial charge in [-0.15, -0.1) is 0 Å². The summed E-state index contributed by atoms with van der Waals surface area (Å²) in [6.45, 7) is 14.9. The van der Waals surface area contributed by atoms with E-state index in [1.807, 2.05) is 56.3 Å². The van der Waals surface area contributed by atoms with Gasteiger partial charge in [0.25, 0.3) is 11.7 Å². The van der Waals surface area contributed by atoms with E-state index in [4.69, 9.17) is 4.74 Å². The summed E-state index contributed by atoms with van der Waals surface area (Å²) in [5.41, 5.74) is 4.84. The summed E-state index contributed by atoms with van der Waals surface area (Å²) in [7, 11) is 0. The van der Waals surface area contributed by atoms with Crippen molar-refractivity contribution in [1.29, 1.82) is 0 Å². The minimum absolute atomic E-state index is 0.0929. The van der Waals surface area contributed by atoms with Gasteiger partial charge in [-0.05, 0) is 77.8 Å². The van der Waals surface area contributed by atoms with E-state index in [1.165, 1.54) is 4.90 Å². The molecule has 198 valence electrons. The van der Waals surface area contributed by atoms with Gasteiger partial charge in [-0.25, -0.2) is 0 Å². The average Bonchev–Trinajstić information content (AvgIpc) is 3.14. The fraction of sp³-hybridized carbons (Fsp3) is 0.333. The van der Waals surface area contributed by atoms with Crippen molar-refractivity contribution in [1.82, 2.24) is 0 Å². The number of rotatable bonds is 6. The highest BCUT2D eigenvalue weighted by atomic mass is 16.5. The summed E-state index contributed by atoms with van der Waals surface area (Å²) in [5, 5.41) is 11.7. The predicted octanol–water partition coefficient (Wildman–Crippen LogP) is 7.44. The van der Waals surface area contributed by atoms with Crippen LogP contribution in [0.25, 0.3) is 5.76 Å². The van der Waals surface area contributed by atoms with Crippen LogP contribution in [0.15, 0.2) is 72.3 Å². The number of ketones is 1. The standard InChI is InChI=1S/C33H37NO4/c1-8-38-26-17-15-25(16-18-26)34-29(23-12-10-22(11-13-23)20(2)3)28(31(36)32(34)37)30(35)27-19-24(33(5,6)7)14-9-21(27)4/h9-20,29,35H,8H2,1-7H3/b30-28+. The van der Waals surface area contributed by atoms with E-state index in [-0.39, 0.29) is 16.7 Å². The Hall–Kier alpha value is -3.86. The molecule has 0 bridgehead atoms. The first-order chi connectivity index (χ1) is 17.9. The van der Waals surface area contributed by atoms with Gasteiger partial charge in [0, 0.05) is 11.3 Å². The first-order valence-electron chi connectivity index (χ1n) is 13.2. The smallest absolute Gasteiger partial charge is 0.300 e. The number of carbonyl (C=O) groups is 2. The van der Waals surface area contributed by atoms with Crippen molar-refractivity contribution in [3.63, 3.8) is 0 Å². The summed E-state index contributed by atoms with van der Waals surface area (Å²) in [5.74, 6) is -0.504. The molecule has 1 heterocycles. The van der Waals surface area contributed by atoms with Crippen LogP contribution in [0.3, 0.4) is 0 Å². The molecule has 0 spiro atoms. The number of hydrogen-bond acceptors (Lipinski definition) is 4. The molecular weight excluding hydrogens is 474 g/mol. The number of ether oxygens (including phenoxy) is 1. The molecule has 0 radical (unpaired) electrons. The molecule has 1 aliphatic heterocycles. The van der Waals surface area contributed by atoms with E-state index in [0.29, 0.717) is 29.5 Å². The maximum absolute atomic E-state index is 13.6. The van der Waals surface area contributed by atoms with E-state index in [9.17, 15) is 14.7 Å². The molecule has 5 heteroatoms. The number of anilines is 1. The molecule has 0 saturated carbocycles. The van der Waals surface area contributed by atoms with Gasteiger partial charge in [0.15, 0.2) is 0 Å². The largest absolute Gasteiger partial charge is 0.507 e. The zero-order valence-corrected chi connectivity index (χ0v) is 23.3. The summed E-state index contributed by atoms with van der Waals surface area (Å²) < 4.78 is 5.57. The van der Waals surface area contributed by atoms with Crippen LogP contribution in [0.2, 0.25) is 0 Å². The van der Waals surface area contributed by atoms with Gasteiger partial charge in [0.05, 0.1) is 18.2 Å². The van der Waals surface area contributed by atoms with Gasteiger partial charge in [-0.1, -0.05) is 71.0 Å². The highest BCUT2D eigenvalue weighted by Gasteiger charge is 2.47. The maximum Gasteiger partial charge on any atom is 0.300 e. The number of aryl methyl sites for hydroxylation is 1. The van der Waals surface area contributed by atoms with Crippen LogP contribution in [0.1, 0.15) is 81.3 Å². The van der Waals surface area contributed by atoms with Crippen molar-refractivity contribution in [2.45, 2.75) is 65.8 Å². The van der Waals surface area contributed by atoms with E-state index < -0.39 is 17.7 Å². The van der Waals surface area contributed by atoms with E-state index in [2.05, 4.69) is 34.6 Å². The highest BCUT2D eigenvalue weighted by molar-refractivity contribution is 6.51. The third-order valence-corrected chi connectivity index (χ3v) is 7.15. The van der Waals surface area contributed by atoms with Crippen LogP contribution in [-0.2, 0) is 15.0 Å². The van der Waals surface area contributed by atoms with Crippen molar-refractivity contribution in [3.8, 4) is 5.75 Å². The molecular formula is C33H37NO4. The minimum atomic E-state index is -0.771. The molecule has 0 aromatic heterocycles. The van der Waals surface area contributed by atoms with E-state index in [0.717, 1.165) is 22.3 Å². The predicted molar refractivity (Wildman–Crippen MR) is 153 cm³/mol. The fourth-order valence-corrected chi connectivity index (χ4v) is 4.84. The number of aliphatic hydroxyl groups excluding tert-OH is 1. The Morgan fingerprint density at radius 2 is 1.61 bits per heavy atom. The van der Waals surface area contributed by atoms with Crippen LogP contribution >= 0.6 is 0 Å². The number of carbonyl (C=O) groups excluding carboxylic acids is 2. The lowest BCUT2D eigenvalue weighted by Crippen LogP contribution is -2.29. The van der Waals surface area contributed by atoms with Crippen LogP contribution in [-0.4, -0.2) is 23.4 Å². The summed E-state index contributed by atoms with van der Waals surface area (Å²) in [4.78, 5) is 28.6. The number of benzene rings is 3. The Kier molecular flexibility index (Phi) is 7.50. The monoisotopic (exact) mass is 511 g/mol. The quantitative estimate of drug-likeness (QED) is 0.212. The molecule has 1 fully saturated rings. The second kappa shape index (κ2) is 10.5. The molecule has 1 N–H and O–H groups in total. The van der Waals surface area contributed by atoms with Gasteiger partial charge in [0.1, 0.15) is 11.5 Å². The maximum atomic E-state index is 13.6. The number of hydrogen-bond donors (Lipinski definition) is 1. The van der Waals surface area contributed by atoms with Crippen molar-refractivity contribution < 1.29 is 19.4 Å². The van der Waals surface area contributed by atoms with Crippen LogP contribution in [0, 0.1) is 6.92 Å². The molecule has 1 atom stereocenters. The van der Waals surface area contributed by atoms with Crippen LogP contribution < -0.4 is 9.64 Å². The van der Waals surface area contributed by atoms with E-state index >= 15 is 0 Å². The molecule has 1 amide bonds. The molecule has 1 unspecified atom stereocenters. The van der Waals surface area contributed by atoms with Gasteiger partial charge in [-0.2, -0.15) is 0 Å². The normalized spacial score (nSPS) is 17.4. The Labute approximate surface area is 225 Å². The Morgan fingerprint density at radius 3 is 2.16 bits per heavy atom. The number of amides is 1. The van der Waals surface area contributed by atoms with E-state index in [1.54, 1.807) is 24.3 Å². The van der Waals surface area contributed by atoms with Crippen LogP contribution in [0.5, 0.6) is 5.75 Å². The molecule has 4 rings (SSSR count). The Bertz CT molecular complexity index is 1380. The summed E-state index contributed by atoms with van der Waals surface area (Å²) in [6, 6.07) is 20.2. The second-order valence-electron chi connectivity index (χ2n) is 11.2. The van der Waals surface area contributed by atoms with Gasteiger partial charge < -0.3 is 9.84 Å². The van der Waals surface area contributed by atoms with Crippen molar-refractivity contribution in [2.75, 3.05) is 11.5 Å². The number of aliphatic hydroxyl groups is 1. The number of Topliss-reactive ketones (excluding diaryl/α,β-unsaturated/α-hetero) is 1. The van der Waals surface area contributed by atoms with Gasteiger partial charge >= 0.3 is 0 Å².